The summed E-state index contributed by atoms with van der Waals surface area (Å²) in [5.41, 5.74) is 0.745. The first-order valence-corrected chi connectivity index (χ1v) is 6.81. The number of benzene rings is 2. The van der Waals surface area contributed by atoms with Crippen molar-refractivity contribution in [2.24, 2.45) is 0 Å². The van der Waals surface area contributed by atoms with E-state index in [2.05, 4.69) is 0 Å². The molecule has 2 aromatic rings. The Balaban J connectivity index is 2.42. The van der Waals surface area contributed by atoms with E-state index in [4.69, 9.17) is 9.47 Å². The number of carbonyl (C=O) groups is 1. The fraction of sp³-hybridized carbons (Fsp3) is 0.235. The Morgan fingerprint density at radius 3 is 2.81 bits per heavy atom. The molecule has 0 N–H and O–H groups in total. The lowest BCUT2D eigenvalue weighted by Crippen LogP contribution is -2.01. The van der Waals surface area contributed by atoms with Gasteiger partial charge in [-0.2, -0.15) is 0 Å². The van der Waals surface area contributed by atoms with Crippen molar-refractivity contribution in [1.29, 1.82) is 0 Å². The molecular formula is C17H17FO3. The Kier molecular flexibility index (Phi) is 5.32. The van der Waals surface area contributed by atoms with Crippen LogP contribution in [0.2, 0.25) is 0 Å². The minimum Gasteiger partial charge on any atom is -0.490 e. The number of fused-ring (bicyclic) bond motifs is 1. The van der Waals surface area contributed by atoms with E-state index in [1.807, 2.05) is 30.3 Å². The van der Waals surface area contributed by atoms with Gasteiger partial charge in [0.1, 0.15) is 19.0 Å². The molecule has 0 unspecified atom stereocenters. The molecule has 0 aromatic heterocycles. The van der Waals surface area contributed by atoms with Crippen molar-refractivity contribution < 1.29 is 18.7 Å². The van der Waals surface area contributed by atoms with Gasteiger partial charge in [0.05, 0.1) is 6.61 Å². The normalized spacial score (nSPS) is 11.0. The molecule has 0 aliphatic rings. The lowest BCUT2D eigenvalue weighted by molar-refractivity contribution is -0.137. The molecule has 0 atom stereocenters. The molecule has 2 rings (SSSR count). The van der Waals surface area contributed by atoms with Gasteiger partial charge in [0, 0.05) is 11.6 Å². The third-order valence-electron chi connectivity index (χ3n) is 2.94. The molecule has 0 saturated heterocycles. The summed E-state index contributed by atoms with van der Waals surface area (Å²) in [6.45, 7) is 1.50. The van der Waals surface area contributed by atoms with E-state index in [0.717, 1.165) is 16.3 Å². The Morgan fingerprint density at radius 1 is 1.24 bits per heavy atom. The van der Waals surface area contributed by atoms with Crippen LogP contribution >= 0.6 is 0 Å². The van der Waals surface area contributed by atoms with Crippen molar-refractivity contribution in [2.75, 3.05) is 19.9 Å². The zero-order chi connectivity index (χ0) is 15.1. The fourth-order valence-electron chi connectivity index (χ4n) is 2.06. The summed E-state index contributed by atoms with van der Waals surface area (Å²) in [7, 11) is 0. The summed E-state index contributed by atoms with van der Waals surface area (Å²) in [6, 6.07) is 11.4. The van der Waals surface area contributed by atoms with E-state index in [-0.39, 0.29) is 6.61 Å². The summed E-state index contributed by atoms with van der Waals surface area (Å²) >= 11 is 0. The lowest BCUT2D eigenvalue weighted by Gasteiger charge is -2.10. The molecule has 0 saturated carbocycles. The summed E-state index contributed by atoms with van der Waals surface area (Å²) in [5, 5.41) is 1.96. The van der Waals surface area contributed by atoms with Gasteiger partial charge in [-0.3, -0.25) is 0 Å². The highest BCUT2D eigenvalue weighted by Crippen LogP contribution is 2.29. The molecule has 0 aliphatic carbocycles. The van der Waals surface area contributed by atoms with Gasteiger partial charge in [0.15, 0.2) is 0 Å². The van der Waals surface area contributed by atoms with Crippen LogP contribution in [0.1, 0.15) is 12.5 Å². The van der Waals surface area contributed by atoms with E-state index in [9.17, 15) is 9.18 Å². The summed E-state index contributed by atoms with van der Waals surface area (Å²) < 4.78 is 22.6. The van der Waals surface area contributed by atoms with E-state index >= 15 is 0 Å². The van der Waals surface area contributed by atoms with Crippen LogP contribution in [-0.2, 0) is 9.53 Å². The standard InChI is InChI=1S/C17H17FO3/c1-2-20-17(19)10-8-15-14-6-4-3-5-13(14)7-9-16(15)21-12-11-18/h3-10H,2,11-12H2,1H3/b10-8+. The summed E-state index contributed by atoms with van der Waals surface area (Å²) in [6.07, 6.45) is 3.00. The maximum absolute atomic E-state index is 12.3. The van der Waals surface area contributed by atoms with Crippen LogP contribution in [0.3, 0.4) is 0 Å². The van der Waals surface area contributed by atoms with Crippen molar-refractivity contribution in [2.45, 2.75) is 6.92 Å². The molecule has 0 aliphatic heterocycles. The number of hydrogen-bond donors (Lipinski definition) is 0. The maximum atomic E-state index is 12.3. The van der Waals surface area contributed by atoms with Crippen molar-refractivity contribution in [1.82, 2.24) is 0 Å². The third kappa shape index (κ3) is 3.81. The number of halogens is 1. The van der Waals surface area contributed by atoms with Crippen LogP contribution in [0, 0.1) is 0 Å². The molecular weight excluding hydrogens is 271 g/mol. The van der Waals surface area contributed by atoms with Crippen LogP contribution in [0.25, 0.3) is 16.8 Å². The van der Waals surface area contributed by atoms with Gasteiger partial charge in [-0.05, 0) is 29.8 Å². The van der Waals surface area contributed by atoms with Gasteiger partial charge < -0.3 is 9.47 Å². The van der Waals surface area contributed by atoms with Crippen LogP contribution in [0.5, 0.6) is 5.75 Å². The number of esters is 1. The quantitative estimate of drug-likeness (QED) is 0.599. The smallest absolute Gasteiger partial charge is 0.330 e. The predicted molar refractivity (Wildman–Crippen MR) is 81.1 cm³/mol. The fourth-order valence-corrected chi connectivity index (χ4v) is 2.06. The van der Waals surface area contributed by atoms with Crippen LogP contribution in [-0.4, -0.2) is 25.9 Å². The van der Waals surface area contributed by atoms with E-state index in [1.54, 1.807) is 19.1 Å². The highest BCUT2D eigenvalue weighted by Gasteiger charge is 2.07. The Bertz CT molecular complexity index is 650. The first-order chi connectivity index (χ1) is 10.3. The maximum Gasteiger partial charge on any atom is 0.330 e. The second-order valence-electron chi connectivity index (χ2n) is 4.32. The predicted octanol–water partition coefficient (Wildman–Crippen LogP) is 3.76. The number of carbonyl (C=O) groups excluding carboxylic acids is 1. The molecule has 3 nitrogen and oxygen atoms in total. The summed E-state index contributed by atoms with van der Waals surface area (Å²) in [4.78, 5) is 11.5. The second kappa shape index (κ2) is 7.43. The topological polar surface area (TPSA) is 35.5 Å². The molecule has 2 aromatic carbocycles. The molecule has 0 spiro atoms. The molecule has 0 fully saturated rings. The van der Waals surface area contributed by atoms with Crippen molar-refractivity contribution >= 4 is 22.8 Å². The molecule has 0 radical (unpaired) electrons. The van der Waals surface area contributed by atoms with E-state index in [0.29, 0.717) is 12.4 Å². The number of ether oxygens (including phenoxy) is 2. The average molecular weight is 288 g/mol. The number of hydrogen-bond acceptors (Lipinski definition) is 3. The highest BCUT2D eigenvalue weighted by molar-refractivity contribution is 5.96. The number of alkyl halides is 1. The van der Waals surface area contributed by atoms with Gasteiger partial charge in [0.25, 0.3) is 0 Å². The van der Waals surface area contributed by atoms with Gasteiger partial charge in [-0.15, -0.1) is 0 Å². The Morgan fingerprint density at radius 2 is 2.05 bits per heavy atom. The zero-order valence-corrected chi connectivity index (χ0v) is 11.8. The summed E-state index contributed by atoms with van der Waals surface area (Å²) in [5.74, 6) is 0.133. The molecule has 0 heterocycles. The van der Waals surface area contributed by atoms with Crippen LogP contribution in [0.4, 0.5) is 4.39 Å². The molecule has 4 heteroatoms. The van der Waals surface area contributed by atoms with E-state index < -0.39 is 12.6 Å². The van der Waals surface area contributed by atoms with Gasteiger partial charge >= 0.3 is 5.97 Å². The highest BCUT2D eigenvalue weighted by atomic mass is 19.1. The average Bonchev–Trinajstić information content (AvgIpc) is 2.51. The lowest BCUT2D eigenvalue weighted by atomic mass is 10.0. The van der Waals surface area contributed by atoms with Crippen LogP contribution in [0.15, 0.2) is 42.5 Å². The van der Waals surface area contributed by atoms with Crippen molar-refractivity contribution in [3.63, 3.8) is 0 Å². The Hall–Kier alpha value is -2.36. The third-order valence-corrected chi connectivity index (χ3v) is 2.94. The molecule has 0 bridgehead atoms. The van der Waals surface area contributed by atoms with Gasteiger partial charge in [-0.25, -0.2) is 9.18 Å². The van der Waals surface area contributed by atoms with Gasteiger partial charge in [0.2, 0.25) is 0 Å². The molecule has 110 valence electrons. The monoisotopic (exact) mass is 288 g/mol. The number of rotatable bonds is 6. The van der Waals surface area contributed by atoms with Crippen molar-refractivity contribution in [3.05, 3.63) is 48.0 Å². The Labute approximate surface area is 123 Å². The zero-order valence-electron chi connectivity index (χ0n) is 11.8. The van der Waals surface area contributed by atoms with Gasteiger partial charge in [-0.1, -0.05) is 30.3 Å². The minimum atomic E-state index is -0.562. The molecule has 0 amide bonds. The SMILES string of the molecule is CCOC(=O)/C=C/c1c(OCCF)ccc2ccccc12. The van der Waals surface area contributed by atoms with E-state index in [1.165, 1.54) is 6.08 Å². The first-order valence-electron chi connectivity index (χ1n) is 6.81. The van der Waals surface area contributed by atoms with Crippen LogP contribution < -0.4 is 4.74 Å². The molecule has 21 heavy (non-hydrogen) atoms. The van der Waals surface area contributed by atoms with Crippen molar-refractivity contribution in [3.8, 4) is 5.75 Å². The second-order valence-corrected chi connectivity index (χ2v) is 4.32. The minimum absolute atomic E-state index is 0.0153. The first kappa shape index (κ1) is 15.0. The largest absolute Gasteiger partial charge is 0.490 e.